The van der Waals surface area contributed by atoms with Crippen molar-refractivity contribution < 1.29 is 19.1 Å². The standard InChI is InChI=1S/C21H32N2O4/c1-5-26-19(24)18(12-11-17-9-7-6-8-10-17)22-13-15-23(16-14-22)20(25)27-21(2,3)4/h6-10,18H,5,11-16H2,1-4H3/t18-/m0/s1. The summed E-state index contributed by atoms with van der Waals surface area (Å²) < 4.78 is 10.7. The molecule has 0 spiro atoms. The van der Waals surface area contributed by atoms with Gasteiger partial charge in [-0.05, 0) is 46.1 Å². The van der Waals surface area contributed by atoms with E-state index < -0.39 is 5.60 Å². The van der Waals surface area contributed by atoms with E-state index in [4.69, 9.17) is 9.47 Å². The Morgan fingerprint density at radius 3 is 2.26 bits per heavy atom. The minimum Gasteiger partial charge on any atom is -0.465 e. The quantitative estimate of drug-likeness (QED) is 0.714. The van der Waals surface area contributed by atoms with Gasteiger partial charge in [0.25, 0.3) is 0 Å². The van der Waals surface area contributed by atoms with E-state index in [9.17, 15) is 9.59 Å². The Hall–Kier alpha value is -2.08. The molecule has 0 aliphatic carbocycles. The van der Waals surface area contributed by atoms with E-state index in [2.05, 4.69) is 17.0 Å². The van der Waals surface area contributed by atoms with Crippen molar-refractivity contribution in [2.24, 2.45) is 0 Å². The van der Waals surface area contributed by atoms with Crippen molar-refractivity contribution in [2.75, 3.05) is 32.8 Å². The van der Waals surface area contributed by atoms with Crippen molar-refractivity contribution in [3.05, 3.63) is 35.9 Å². The molecule has 150 valence electrons. The number of aryl methyl sites for hydroxylation is 1. The molecule has 0 N–H and O–H groups in total. The number of carbonyl (C=O) groups is 2. The summed E-state index contributed by atoms with van der Waals surface area (Å²) in [5.41, 5.74) is 0.705. The van der Waals surface area contributed by atoms with Crippen molar-refractivity contribution in [1.82, 2.24) is 9.80 Å². The molecular weight excluding hydrogens is 344 g/mol. The highest BCUT2D eigenvalue weighted by molar-refractivity contribution is 5.76. The second-order valence-electron chi connectivity index (χ2n) is 7.80. The number of rotatable bonds is 6. The lowest BCUT2D eigenvalue weighted by molar-refractivity contribution is -0.150. The molecule has 0 aromatic heterocycles. The zero-order chi connectivity index (χ0) is 19.9. The second-order valence-corrected chi connectivity index (χ2v) is 7.80. The van der Waals surface area contributed by atoms with Crippen LogP contribution in [0.1, 0.15) is 39.7 Å². The van der Waals surface area contributed by atoms with Crippen LogP contribution in [0.2, 0.25) is 0 Å². The molecule has 6 heteroatoms. The van der Waals surface area contributed by atoms with Crippen LogP contribution in [0, 0.1) is 0 Å². The monoisotopic (exact) mass is 376 g/mol. The number of hydrogen-bond acceptors (Lipinski definition) is 5. The van der Waals surface area contributed by atoms with E-state index in [-0.39, 0.29) is 18.1 Å². The number of nitrogens with zero attached hydrogens (tertiary/aromatic N) is 2. The Morgan fingerprint density at radius 2 is 1.70 bits per heavy atom. The molecule has 1 aromatic carbocycles. The number of benzene rings is 1. The highest BCUT2D eigenvalue weighted by Gasteiger charge is 2.32. The molecule has 1 aliphatic heterocycles. The Balaban J connectivity index is 1.94. The molecule has 2 rings (SSSR count). The molecule has 27 heavy (non-hydrogen) atoms. The van der Waals surface area contributed by atoms with Gasteiger partial charge in [-0.2, -0.15) is 0 Å². The first-order valence-corrected chi connectivity index (χ1v) is 9.72. The van der Waals surface area contributed by atoms with Crippen molar-refractivity contribution in [3.63, 3.8) is 0 Å². The Morgan fingerprint density at radius 1 is 1.07 bits per heavy atom. The van der Waals surface area contributed by atoms with Crippen molar-refractivity contribution in [3.8, 4) is 0 Å². The van der Waals surface area contributed by atoms with Crippen LogP contribution < -0.4 is 0 Å². The van der Waals surface area contributed by atoms with Crippen molar-refractivity contribution in [1.29, 1.82) is 0 Å². The lowest BCUT2D eigenvalue weighted by Gasteiger charge is -2.38. The maximum atomic E-state index is 12.5. The first-order chi connectivity index (χ1) is 12.8. The molecule has 1 atom stereocenters. The molecule has 1 fully saturated rings. The summed E-state index contributed by atoms with van der Waals surface area (Å²) in [4.78, 5) is 28.6. The molecule has 1 amide bonds. The third-order valence-corrected chi connectivity index (χ3v) is 4.51. The molecule has 6 nitrogen and oxygen atoms in total. The van der Waals surface area contributed by atoms with E-state index in [0.717, 1.165) is 6.42 Å². The molecule has 0 unspecified atom stereocenters. The fourth-order valence-electron chi connectivity index (χ4n) is 3.18. The van der Waals surface area contributed by atoms with Crippen molar-refractivity contribution in [2.45, 2.75) is 52.2 Å². The molecule has 0 bridgehead atoms. The van der Waals surface area contributed by atoms with Crippen LogP contribution >= 0.6 is 0 Å². The summed E-state index contributed by atoms with van der Waals surface area (Å²) >= 11 is 0. The first-order valence-electron chi connectivity index (χ1n) is 9.72. The smallest absolute Gasteiger partial charge is 0.410 e. The van der Waals surface area contributed by atoms with Gasteiger partial charge >= 0.3 is 12.1 Å². The van der Waals surface area contributed by atoms with Crippen LogP contribution in [0.4, 0.5) is 4.79 Å². The van der Waals surface area contributed by atoms with E-state index in [1.165, 1.54) is 5.56 Å². The number of hydrogen-bond donors (Lipinski definition) is 0. The molecule has 1 saturated heterocycles. The first kappa shape index (κ1) is 21.2. The highest BCUT2D eigenvalue weighted by Crippen LogP contribution is 2.17. The predicted molar refractivity (Wildman–Crippen MR) is 105 cm³/mol. The molecular formula is C21H32N2O4. The van der Waals surface area contributed by atoms with Crippen LogP contribution in [0.25, 0.3) is 0 Å². The third-order valence-electron chi connectivity index (χ3n) is 4.51. The minimum absolute atomic E-state index is 0.181. The average molecular weight is 376 g/mol. The number of ether oxygens (including phenoxy) is 2. The number of piperazine rings is 1. The molecule has 0 saturated carbocycles. The summed E-state index contributed by atoms with van der Waals surface area (Å²) in [6, 6.07) is 9.86. The predicted octanol–water partition coefficient (Wildman–Crippen LogP) is 3.10. The zero-order valence-corrected chi connectivity index (χ0v) is 16.9. The second kappa shape index (κ2) is 9.74. The number of carbonyl (C=O) groups excluding carboxylic acids is 2. The van der Waals surface area contributed by atoms with Gasteiger partial charge in [-0.1, -0.05) is 30.3 Å². The molecule has 1 aromatic rings. The van der Waals surface area contributed by atoms with Crippen LogP contribution in [0.3, 0.4) is 0 Å². The zero-order valence-electron chi connectivity index (χ0n) is 16.9. The summed E-state index contributed by atoms with van der Waals surface area (Å²) in [6.07, 6.45) is 1.23. The number of esters is 1. The molecule has 0 radical (unpaired) electrons. The van der Waals surface area contributed by atoms with Gasteiger partial charge in [0.2, 0.25) is 0 Å². The minimum atomic E-state index is -0.503. The Labute approximate surface area is 162 Å². The van der Waals surface area contributed by atoms with Crippen molar-refractivity contribution >= 4 is 12.1 Å². The lowest BCUT2D eigenvalue weighted by atomic mass is 10.0. The van der Waals surface area contributed by atoms with Gasteiger partial charge in [-0.3, -0.25) is 9.69 Å². The molecule has 1 aliphatic rings. The number of amides is 1. The van der Waals surface area contributed by atoms with Gasteiger partial charge in [-0.15, -0.1) is 0 Å². The van der Waals surface area contributed by atoms with Crippen LogP contribution in [0.15, 0.2) is 30.3 Å². The lowest BCUT2D eigenvalue weighted by Crippen LogP contribution is -2.55. The fraction of sp³-hybridized carbons (Fsp3) is 0.619. The topological polar surface area (TPSA) is 59.1 Å². The molecule has 1 heterocycles. The normalized spacial score (nSPS) is 16.7. The van der Waals surface area contributed by atoms with Crippen LogP contribution in [0.5, 0.6) is 0 Å². The SMILES string of the molecule is CCOC(=O)[C@H](CCc1ccccc1)N1CCN(C(=O)OC(C)(C)C)CC1. The van der Waals surface area contributed by atoms with E-state index in [1.807, 2.05) is 45.9 Å². The maximum Gasteiger partial charge on any atom is 0.410 e. The highest BCUT2D eigenvalue weighted by atomic mass is 16.6. The van der Waals surface area contributed by atoms with Gasteiger partial charge in [0.05, 0.1) is 6.61 Å². The van der Waals surface area contributed by atoms with Gasteiger partial charge in [-0.25, -0.2) is 4.79 Å². The summed E-state index contributed by atoms with van der Waals surface area (Å²) in [5, 5.41) is 0. The van der Waals surface area contributed by atoms with Gasteiger partial charge in [0.1, 0.15) is 11.6 Å². The maximum absolute atomic E-state index is 12.5. The summed E-state index contributed by atoms with van der Waals surface area (Å²) in [6.45, 7) is 10.2. The van der Waals surface area contributed by atoms with Gasteiger partial charge in [0, 0.05) is 26.2 Å². The van der Waals surface area contributed by atoms with E-state index in [0.29, 0.717) is 39.2 Å². The largest absolute Gasteiger partial charge is 0.465 e. The summed E-state index contributed by atoms with van der Waals surface area (Å²) in [7, 11) is 0. The average Bonchev–Trinajstić information content (AvgIpc) is 2.62. The Kier molecular flexibility index (Phi) is 7.66. The van der Waals surface area contributed by atoms with Crippen LogP contribution in [-0.2, 0) is 20.7 Å². The van der Waals surface area contributed by atoms with Gasteiger partial charge < -0.3 is 14.4 Å². The van der Waals surface area contributed by atoms with Gasteiger partial charge in [0.15, 0.2) is 0 Å². The third kappa shape index (κ3) is 6.86. The Bertz CT molecular complexity index is 604. The fourth-order valence-corrected chi connectivity index (χ4v) is 3.18. The van der Waals surface area contributed by atoms with Crippen LogP contribution in [-0.4, -0.2) is 66.3 Å². The summed E-state index contributed by atoms with van der Waals surface area (Å²) in [5.74, 6) is -0.181. The van der Waals surface area contributed by atoms with E-state index >= 15 is 0 Å². The van der Waals surface area contributed by atoms with E-state index in [1.54, 1.807) is 4.90 Å².